The largest absolute Gasteiger partial charge is 0.481 e. The first-order chi connectivity index (χ1) is 8.64. The fraction of sp³-hybridized carbons (Fsp3) is 0.750. The van der Waals surface area contributed by atoms with Crippen molar-refractivity contribution in [3.8, 4) is 0 Å². The Labute approximate surface area is 112 Å². The van der Waals surface area contributed by atoms with E-state index in [0.29, 0.717) is 6.42 Å². The summed E-state index contributed by atoms with van der Waals surface area (Å²) in [4.78, 5) is 33.1. The van der Waals surface area contributed by atoms with Gasteiger partial charge < -0.3 is 20.5 Å². The number of carbonyl (C=O) groups excluding carboxylic acids is 2. The van der Waals surface area contributed by atoms with E-state index in [4.69, 9.17) is 5.11 Å². The summed E-state index contributed by atoms with van der Waals surface area (Å²) in [6.45, 7) is 5.61. The first-order valence-electron chi connectivity index (χ1n) is 5.97. The summed E-state index contributed by atoms with van der Waals surface area (Å²) in [5.74, 6) is -1.55. The number of carbonyl (C=O) groups is 3. The number of aliphatic carboxylic acids is 1. The second-order valence-corrected chi connectivity index (χ2v) is 5.46. The van der Waals surface area contributed by atoms with Crippen LogP contribution < -0.4 is 10.6 Å². The van der Waals surface area contributed by atoms with Crippen LogP contribution in [-0.2, 0) is 14.3 Å². The summed E-state index contributed by atoms with van der Waals surface area (Å²) < 4.78 is 4.38. The minimum absolute atomic E-state index is 0.115. The standard InChI is InChI=1S/C12H22N2O5/c1-12(2,3)6-8(5-9(15)16)14-11(18)13-7-10(17)19-4/h8H,5-7H2,1-4H3,(H,15,16)(H2,13,14,18). The molecule has 110 valence electrons. The molecule has 0 aliphatic carbocycles. The maximum absolute atomic E-state index is 11.5. The Morgan fingerprint density at radius 3 is 2.26 bits per heavy atom. The lowest BCUT2D eigenvalue weighted by Crippen LogP contribution is -2.46. The Morgan fingerprint density at radius 2 is 1.84 bits per heavy atom. The number of carboxylic acid groups (broad SMARTS) is 1. The zero-order chi connectivity index (χ0) is 15.1. The van der Waals surface area contributed by atoms with Crippen molar-refractivity contribution < 1.29 is 24.2 Å². The Bertz CT molecular complexity index is 336. The third-order valence-electron chi connectivity index (χ3n) is 2.24. The SMILES string of the molecule is COC(=O)CNC(=O)NC(CC(=O)O)CC(C)(C)C. The highest BCUT2D eigenvalue weighted by atomic mass is 16.5. The molecule has 0 spiro atoms. The topological polar surface area (TPSA) is 105 Å². The second kappa shape index (κ2) is 7.60. The molecule has 0 aromatic carbocycles. The van der Waals surface area contributed by atoms with Gasteiger partial charge in [-0.25, -0.2) is 4.79 Å². The number of hydrogen-bond donors (Lipinski definition) is 3. The number of rotatable bonds is 6. The van der Waals surface area contributed by atoms with Gasteiger partial charge in [0.15, 0.2) is 0 Å². The Morgan fingerprint density at radius 1 is 1.26 bits per heavy atom. The van der Waals surface area contributed by atoms with Gasteiger partial charge in [-0.2, -0.15) is 0 Å². The van der Waals surface area contributed by atoms with Crippen LogP contribution in [0.4, 0.5) is 4.79 Å². The molecule has 0 aliphatic heterocycles. The van der Waals surface area contributed by atoms with Crippen LogP contribution >= 0.6 is 0 Å². The molecule has 7 heteroatoms. The fourth-order valence-corrected chi connectivity index (χ4v) is 1.59. The zero-order valence-electron chi connectivity index (χ0n) is 11.8. The van der Waals surface area contributed by atoms with E-state index in [2.05, 4.69) is 15.4 Å². The minimum atomic E-state index is -0.984. The molecule has 0 aromatic rings. The second-order valence-electron chi connectivity index (χ2n) is 5.46. The van der Waals surface area contributed by atoms with E-state index in [1.54, 1.807) is 0 Å². The molecule has 3 N–H and O–H groups in total. The van der Waals surface area contributed by atoms with Crippen molar-refractivity contribution in [2.24, 2.45) is 5.41 Å². The molecule has 2 amide bonds. The van der Waals surface area contributed by atoms with Gasteiger partial charge >= 0.3 is 18.0 Å². The van der Waals surface area contributed by atoms with Gasteiger partial charge in [0.2, 0.25) is 0 Å². The molecule has 0 aromatic heterocycles. The Kier molecular flexibility index (Phi) is 6.89. The van der Waals surface area contributed by atoms with Gasteiger partial charge in [0, 0.05) is 6.04 Å². The van der Waals surface area contributed by atoms with Gasteiger partial charge in [-0.3, -0.25) is 9.59 Å². The van der Waals surface area contributed by atoms with E-state index in [1.807, 2.05) is 20.8 Å². The summed E-state index contributed by atoms with van der Waals surface area (Å²) in [6, 6.07) is -1.07. The smallest absolute Gasteiger partial charge is 0.325 e. The van der Waals surface area contributed by atoms with Crippen molar-refractivity contribution in [2.75, 3.05) is 13.7 Å². The number of esters is 1. The quantitative estimate of drug-likeness (QED) is 0.619. The van der Waals surface area contributed by atoms with E-state index in [1.165, 1.54) is 7.11 Å². The molecule has 1 atom stereocenters. The number of ether oxygens (including phenoxy) is 1. The normalized spacial score (nSPS) is 12.4. The summed E-state index contributed by atoms with van der Waals surface area (Å²) in [7, 11) is 1.22. The van der Waals surface area contributed by atoms with E-state index < -0.39 is 24.0 Å². The first kappa shape index (κ1) is 17.2. The maximum atomic E-state index is 11.5. The summed E-state index contributed by atoms with van der Waals surface area (Å²) in [5.41, 5.74) is -0.115. The van der Waals surface area contributed by atoms with Gasteiger partial charge in [-0.1, -0.05) is 20.8 Å². The number of carboxylic acids is 1. The van der Waals surface area contributed by atoms with Crippen LogP contribution in [0.1, 0.15) is 33.6 Å². The Balaban J connectivity index is 4.34. The number of methoxy groups -OCH3 is 1. The monoisotopic (exact) mass is 274 g/mol. The van der Waals surface area contributed by atoms with Crippen LogP contribution in [0.3, 0.4) is 0 Å². The molecule has 0 radical (unpaired) electrons. The zero-order valence-corrected chi connectivity index (χ0v) is 11.8. The first-order valence-corrected chi connectivity index (χ1v) is 5.97. The van der Waals surface area contributed by atoms with Gasteiger partial charge in [-0.05, 0) is 11.8 Å². The number of urea groups is 1. The molecule has 0 saturated heterocycles. The van der Waals surface area contributed by atoms with Crippen molar-refractivity contribution in [3.63, 3.8) is 0 Å². The van der Waals surface area contributed by atoms with Gasteiger partial charge in [0.05, 0.1) is 13.5 Å². The predicted octanol–water partition coefficient (Wildman–Crippen LogP) is 0.738. The highest BCUT2D eigenvalue weighted by molar-refractivity contribution is 5.81. The summed E-state index contributed by atoms with van der Waals surface area (Å²) >= 11 is 0. The van der Waals surface area contributed by atoms with Crippen LogP contribution in [0.2, 0.25) is 0 Å². The third kappa shape index (κ3) is 9.87. The lowest BCUT2D eigenvalue weighted by atomic mass is 9.87. The number of hydrogen-bond acceptors (Lipinski definition) is 4. The Hall–Kier alpha value is -1.79. The molecule has 0 aliphatic rings. The average molecular weight is 274 g/mol. The molecule has 7 nitrogen and oxygen atoms in total. The van der Waals surface area contributed by atoms with Crippen molar-refractivity contribution >= 4 is 18.0 Å². The van der Waals surface area contributed by atoms with Crippen LogP contribution in [0, 0.1) is 5.41 Å². The molecular weight excluding hydrogens is 252 g/mol. The van der Waals surface area contributed by atoms with Crippen LogP contribution in [-0.4, -0.2) is 42.8 Å². The molecule has 0 saturated carbocycles. The molecular formula is C12H22N2O5. The van der Waals surface area contributed by atoms with E-state index in [-0.39, 0.29) is 18.4 Å². The van der Waals surface area contributed by atoms with E-state index in [9.17, 15) is 14.4 Å². The fourth-order valence-electron chi connectivity index (χ4n) is 1.59. The van der Waals surface area contributed by atoms with Crippen molar-refractivity contribution in [1.82, 2.24) is 10.6 Å². The lowest BCUT2D eigenvalue weighted by Gasteiger charge is -2.25. The molecule has 0 bridgehead atoms. The molecule has 0 heterocycles. The van der Waals surface area contributed by atoms with Gasteiger partial charge in [0.1, 0.15) is 6.54 Å². The van der Waals surface area contributed by atoms with Crippen LogP contribution in [0.25, 0.3) is 0 Å². The molecule has 19 heavy (non-hydrogen) atoms. The summed E-state index contributed by atoms with van der Waals surface area (Å²) in [5, 5.41) is 13.7. The highest BCUT2D eigenvalue weighted by Crippen LogP contribution is 2.22. The predicted molar refractivity (Wildman–Crippen MR) is 68.7 cm³/mol. The molecule has 1 unspecified atom stereocenters. The van der Waals surface area contributed by atoms with Gasteiger partial charge in [-0.15, -0.1) is 0 Å². The van der Waals surface area contributed by atoms with Crippen molar-refractivity contribution in [3.05, 3.63) is 0 Å². The van der Waals surface area contributed by atoms with E-state index >= 15 is 0 Å². The average Bonchev–Trinajstić information content (AvgIpc) is 2.22. The number of amides is 2. The van der Waals surface area contributed by atoms with Crippen LogP contribution in [0.5, 0.6) is 0 Å². The molecule has 0 fully saturated rings. The van der Waals surface area contributed by atoms with E-state index in [0.717, 1.165) is 0 Å². The van der Waals surface area contributed by atoms with Crippen LogP contribution in [0.15, 0.2) is 0 Å². The van der Waals surface area contributed by atoms with Crippen molar-refractivity contribution in [2.45, 2.75) is 39.7 Å². The molecule has 0 rings (SSSR count). The third-order valence-corrected chi connectivity index (χ3v) is 2.24. The number of nitrogens with one attached hydrogen (secondary N) is 2. The maximum Gasteiger partial charge on any atom is 0.325 e. The van der Waals surface area contributed by atoms with Crippen molar-refractivity contribution in [1.29, 1.82) is 0 Å². The minimum Gasteiger partial charge on any atom is -0.481 e. The lowest BCUT2D eigenvalue weighted by molar-refractivity contribution is -0.139. The summed E-state index contributed by atoms with van der Waals surface area (Å²) in [6.07, 6.45) is 0.355. The van der Waals surface area contributed by atoms with Gasteiger partial charge in [0.25, 0.3) is 0 Å². The highest BCUT2D eigenvalue weighted by Gasteiger charge is 2.22.